The quantitative estimate of drug-likeness (QED) is 0.614. The lowest BCUT2D eigenvalue weighted by Gasteiger charge is -2.12. The fourth-order valence-electron chi connectivity index (χ4n) is 2.56. The molecule has 1 atom stereocenters. The fraction of sp³-hybridized carbons (Fsp3) is 0.125. The van der Waals surface area contributed by atoms with Gasteiger partial charge in [-0.2, -0.15) is 0 Å². The minimum Gasteiger partial charge on any atom is -0.340 e. The highest BCUT2D eigenvalue weighted by Crippen LogP contribution is 2.18. The van der Waals surface area contributed by atoms with Crippen molar-refractivity contribution in [3.05, 3.63) is 65.2 Å². The molecule has 3 aromatic heterocycles. The maximum atomic E-state index is 12.6. The summed E-state index contributed by atoms with van der Waals surface area (Å²) < 4.78 is 1.57. The zero-order chi connectivity index (χ0) is 15.1. The predicted molar refractivity (Wildman–Crippen MR) is 83.7 cm³/mol. The van der Waals surface area contributed by atoms with Gasteiger partial charge in [-0.25, -0.2) is 9.97 Å². The third-order valence-electron chi connectivity index (χ3n) is 3.80. The van der Waals surface area contributed by atoms with E-state index in [1.54, 1.807) is 29.4 Å². The average Bonchev–Trinajstić information content (AvgIpc) is 2.99. The highest BCUT2D eigenvalue weighted by Gasteiger charge is 2.15. The summed E-state index contributed by atoms with van der Waals surface area (Å²) in [5.74, 6) is 0.730. The molecule has 0 bridgehead atoms. The lowest BCUT2D eigenvalue weighted by Crippen LogP contribution is -2.25. The van der Waals surface area contributed by atoms with Crippen LogP contribution in [0.5, 0.6) is 0 Å². The molecular weight excluding hydrogens is 278 g/mol. The van der Waals surface area contributed by atoms with Gasteiger partial charge >= 0.3 is 0 Å². The SMILES string of the molecule is C[C@H](c1nc2ccccc2[nH]1)n1cnc2ccncc2c1=O. The molecule has 0 saturated carbocycles. The number of fused-ring (bicyclic) bond motifs is 2. The molecule has 0 saturated heterocycles. The summed E-state index contributed by atoms with van der Waals surface area (Å²) in [7, 11) is 0. The summed E-state index contributed by atoms with van der Waals surface area (Å²) >= 11 is 0. The molecule has 0 aliphatic rings. The summed E-state index contributed by atoms with van der Waals surface area (Å²) in [6.45, 7) is 1.92. The van der Waals surface area contributed by atoms with E-state index >= 15 is 0 Å². The van der Waals surface area contributed by atoms with Crippen LogP contribution >= 0.6 is 0 Å². The molecule has 0 fully saturated rings. The van der Waals surface area contributed by atoms with Gasteiger partial charge in [-0.05, 0) is 25.1 Å². The van der Waals surface area contributed by atoms with Crippen LogP contribution in [0.4, 0.5) is 0 Å². The zero-order valence-corrected chi connectivity index (χ0v) is 11.9. The van der Waals surface area contributed by atoms with Gasteiger partial charge in [0.25, 0.3) is 5.56 Å². The fourth-order valence-corrected chi connectivity index (χ4v) is 2.56. The summed E-state index contributed by atoms with van der Waals surface area (Å²) in [6, 6.07) is 9.28. The highest BCUT2D eigenvalue weighted by atomic mass is 16.1. The van der Waals surface area contributed by atoms with Gasteiger partial charge < -0.3 is 4.98 Å². The van der Waals surface area contributed by atoms with E-state index in [4.69, 9.17) is 0 Å². The van der Waals surface area contributed by atoms with E-state index in [0.29, 0.717) is 10.9 Å². The van der Waals surface area contributed by atoms with E-state index in [2.05, 4.69) is 19.9 Å². The smallest absolute Gasteiger partial charge is 0.263 e. The normalized spacial score (nSPS) is 12.8. The topological polar surface area (TPSA) is 76.5 Å². The highest BCUT2D eigenvalue weighted by molar-refractivity contribution is 5.76. The first-order valence-electron chi connectivity index (χ1n) is 6.99. The van der Waals surface area contributed by atoms with Gasteiger partial charge in [-0.1, -0.05) is 12.1 Å². The second-order valence-corrected chi connectivity index (χ2v) is 5.16. The molecule has 6 heteroatoms. The number of hydrogen-bond acceptors (Lipinski definition) is 4. The van der Waals surface area contributed by atoms with E-state index in [0.717, 1.165) is 16.9 Å². The molecule has 0 aliphatic carbocycles. The van der Waals surface area contributed by atoms with Crippen molar-refractivity contribution in [2.45, 2.75) is 13.0 Å². The number of pyridine rings is 1. The summed E-state index contributed by atoms with van der Waals surface area (Å²) in [5.41, 5.74) is 2.36. The molecule has 1 N–H and O–H groups in total. The van der Waals surface area contributed by atoms with E-state index in [1.165, 1.54) is 0 Å². The van der Waals surface area contributed by atoms with Crippen LogP contribution in [0.2, 0.25) is 0 Å². The average molecular weight is 291 g/mol. The molecule has 6 nitrogen and oxygen atoms in total. The summed E-state index contributed by atoms with van der Waals surface area (Å²) in [6.07, 6.45) is 4.73. The number of aromatic amines is 1. The second kappa shape index (κ2) is 4.77. The van der Waals surface area contributed by atoms with E-state index in [1.807, 2.05) is 31.2 Å². The van der Waals surface area contributed by atoms with Crippen molar-refractivity contribution in [3.8, 4) is 0 Å². The largest absolute Gasteiger partial charge is 0.340 e. The number of nitrogens with one attached hydrogen (secondary N) is 1. The molecule has 22 heavy (non-hydrogen) atoms. The maximum Gasteiger partial charge on any atom is 0.263 e. The molecular formula is C16H13N5O. The van der Waals surface area contributed by atoms with Crippen molar-refractivity contribution in [2.24, 2.45) is 0 Å². The molecule has 4 rings (SSSR count). The Balaban J connectivity index is 1.87. The predicted octanol–water partition coefficient (Wildman–Crippen LogP) is 2.28. The Kier molecular flexibility index (Phi) is 2.75. The van der Waals surface area contributed by atoms with Gasteiger partial charge in [0.2, 0.25) is 0 Å². The minimum absolute atomic E-state index is 0.119. The van der Waals surface area contributed by atoms with Crippen molar-refractivity contribution in [1.29, 1.82) is 0 Å². The van der Waals surface area contributed by atoms with Gasteiger partial charge in [0.1, 0.15) is 5.82 Å². The van der Waals surface area contributed by atoms with Crippen LogP contribution in [0.25, 0.3) is 21.9 Å². The zero-order valence-electron chi connectivity index (χ0n) is 11.9. The van der Waals surface area contributed by atoms with E-state index < -0.39 is 0 Å². The van der Waals surface area contributed by atoms with Crippen LogP contribution in [-0.2, 0) is 0 Å². The van der Waals surface area contributed by atoms with Gasteiger partial charge in [0.05, 0.1) is 34.3 Å². The number of benzene rings is 1. The van der Waals surface area contributed by atoms with Crippen LogP contribution < -0.4 is 5.56 Å². The van der Waals surface area contributed by atoms with Gasteiger partial charge in [0.15, 0.2) is 0 Å². The van der Waals surface area contributed by atoms with Crippen molar-refractivity contribution in [3.63, 3.8) is 0 Å². The summed E-state index contributed by atoms with van der Waals surface area (Å²) in [5, 5.41) is 0.507. The molecule has 1 aromatic carbocycles. The Morgan fingerprint density at radius 3 is 2.91 bits per heavy atom. The van der Waals surface area contributed by atoms with Gasteiger partial charge in [0, 0.05) is 12.4 Å². The standard InChI is InChI=1S/C16H13N5O/c1-10(15-19-13-4-2-3-5-14(13)20-15)21-9-18-12-6-7-17-8-11(12)16(21)22/h2-10H,1H3,(H,19,20)/t10-/m1/s1. The monoisotopic (exact) mass is 291 g/mol. The maximum absolute atomic E-state index is 12.6. The van der Waals surface area contributed by atoms with E-state index in [9.17, 15) is 4.79 Å². The van der Waals surface area contributed by atoms with Gasteiger partial charge in [-0.3, -0.25) is 14.3 Å². The Labute approximate surface area is 125 Å². The molecule has 108 valence electrons. The van der Waals surface area contributed by atoms with Gasteiger partial charge in [-0.15, -0.1) is 0 Å². The Morgan fingerprint density at radius 1 is 1.18 bits per heavy atom. The van der Waals surface area contributed by atoms with Crippen molar-refractivity contribution in [1.82, 2.24) is 24.5 Å². The molecule has 3 heterocycles. The summed E-state index contributed by atoms with van der Waals surface area (Å²) in [4.78, 5) is 28.7. The Hall–Kier alpha value is -3.02. The lowest BCUT2D eigenvalue weighted by atomic mass is 10.2. The van der Waals surface area contributed by atoms with Crippen LogP contribution in [0, 0.1) is 0 Å². The molecule has 0 radical (unpaired) electrons. The molecule has 4 aromatic rings. The Morgan fingerprint density at radius 2 is 2.05 bits per heavy atom. The van der Waals surface area contributed by atoms with Crippen molar-refractivity contribution >= 4 is 21.9 Å². The minimum atomic E-state index is -0.239. The molecule has 0 amide bonds. The number of nitrogens with zero attached hydrogens (tertiary/aromatic N) is 4. The number of para-hydroxylation sites is 2. The third kappa shape index (κ3) is 1.88. The van der Waals surface area contributed by atoms with Crippen LogP contribution in [0.15, 0.2) is 53.8 Å². The first-order chi connectivity index (χ1) is 10.7. The molecule has 0 unspecified atom stereocenters. The number of imidazole rings is 1. The number of rotatable bonds is 2. The van der Waals surface area contributed by atoms with Crippen molar-refractivity contribution in [2.75, 3.05) is 0 Å². The molecule has 0 aliphatic heterocycles. The number of H-pyrrole nitrogens is 1. The molecule has 0 spiro atoms. The number of hydrogen-bond donors (Lipinski definition) is 1. The number of aromatic nitrogens is 5. The van der Waals surface area contributed by atoms with Crippen LogP contribution in [0.1, 0.15) is 18.8 Å². The van der Waals surface area contributed by atoms with Crippen LogP contribution in [-0.4, -0.2) is 24.5 Å². The first-order valence-corrected chi connectivity index (χ1v) is 6.99. The van der Waals surface area contributed by atoms with E-state index in [-0.39, 0.29) is 11.6 Å². The third-order valence-corrected chi connectivity index (χ3v) is 3.80. The van der Waals surface area contributed by atoms with Crippen molar-refractivity contribution < 1.29 is 0 Å². The lowest BCUT2D eigenvalue weighted by molar-refractivity contribution is 0.582. The first kappa shape index (κ1) is 12.7. The Bertz CT molecular complexity index is 1000. The second-order valence-electron chi connectivity index (χ2n) is 5.16. The van der Waals surface area contributed by atoms with Crippen LogP contribution in [0.3, 0.4) is 0 Å².